The zero-order valence-corrected chi connectivity index (χ0v) is 16.4. The molecule has 0 aliphatic carbocycles. The van der Waals surface area contributed by atoms with Crippen LogP contribution in [0, 0.1) is 10.5 Å². The van der Waals surface area contributed by atoms with Crippen LogP contribution < -0.4 is 4.74 Å². The predicted molar refractivity (Wildman–Crippen MR) is 106 cm³/mol. The van der Waals surface area contributed by atoms with Gasteiger partial charge in [0.1, 0.15) is 5.75 Å². The van der Waals surface area contributed by atoms with Crippen LogP contribution in [0.5, 0.6) is 5.75 Å². The number of halogens is 1. The van der Waals surface area contributed by atoms with Gasteiger partial charge in [-0.2, -0.15) is 4.37 Å². The van der Waals surface area contributed by atoms with Gasteiger partial charge in [-0.15, -0.1) is 0 Å². The Hall–Kier alpha value is -1.40. The molecule has 2 aromatic carbocycles. The van der Waals surface area contributed by atoms with E-state index in [1.807, 2.05) is 6.20 Å². The van der Waals surface area contributed by atoms with E-state index in [2.05, 4.69) is 77.2 Å². The maximum atomic E-state index is 5.57. The van der Waals surface area contributed by atoms with Gasteiger partial charge in [0.05, 0.1) is 12.0 Å². The second kappa shape index (κ2) is 7.01. The molecule has 1 heterocycles. The highest BCUT2D eigenvalue weighted by atomic mass is 127. The Morgan fingerprint density at radius 1 is 1.13 bits per heavy atom. The molecule has 0 fully saturated rings. The number of ether oxygens (including phenoxy) is 1. The summed E-state index contributed by atoms with van der Waals surface area (Å²) < 4.78 is 11.2. The molecule has 3 aromatic rings. The Balaban J connectivity index is 2.13. The van der Waals surface area contributed by atoms with Gasteiger partial charge in [-0.3, -0.25) is 0 Å². The summed E-state index contributed by atoms with van der Waals surface area (Å²) in [5, 5.41) is 0. The van der Waals surface area contributed by atoms with Gasteiger partial charge in [0.25, 0.3) is 0 Å². The van der Waals surface area contributed by atoms with Gasteiger partial charge in [0, 0.05) is 15.3 Å². The van der Waals surface area contributed by atoms with Crippen LogP contribution >= 0.6 is 34.1 Å². The highest BCUT2D eigenvalue weighted by Gasteiger charge is 2.14. The number of methoxy groups -OCH3 is 1. The third kappa shape index (κ3) is 3.28. The van der Waals surface area contributed by atoms with Crippen molar-refractivity contribution in [2.45, 2.75) is 20.3 Å². The summed E-state index contributed by atoms with van der Waals surface area (Å²) in [5.41, 5.74) is 6.10. The first-order valence-corrected chi connectivity index (χ1v) is 9.37. The van der Waals surface area contributed by atoms with Crippen LogP contribution in [0.1, 0.15) is 18.1 Å². The lowest BCUT2D eigenvalue weighted by atomic mass is 9.98. The van der Waals surface area contributed by atoms with E-state index in [4.69, 9.17) is 4.74 Å². The highest BCUT2D eigenvalue weighted by Crippen LogP contribution is 2.38. The minimum atomic E-state index is 0.946. The molecule has 0 bridgehead atoms. The molecule has 0 saturated carbocycles. The van der Waals surface area contributed by atoms with E-state index in [1.54, 1.807) is 7.11 Å². The average Bonchev–Trinajstić information content (AvgIpc) is 3.05. The van der Waals surface area contributed by atoms with E-state index in [9.17, 15) is 0 Å². The zero-order chi connectivity index (χ0) is 16.4. The van der Waals surface area contributed by atoms with Gasteiger partial charge < -0.3 is 4.74 Å². The Labute approximate surface area is 154 Å². The molecule has 118 valence electrons. The molecule has 0 N–H and O–H groups in total. The second-order valence-electron chi connectivity index (χ2n) is 5.39. The minimum Gasteiger partial charge on any atom is -0.496 e. The highest BCUT2D eigenvalue weighted by molar-refractivity contribution is 14.1. The number of hydrogen-bond donors (Lipinski definition) is 0. The first kappa shape index (κ1) is 16.5. The molecule has 0 atom stereocenters. The molecule has 4 heteroatoms. The van der Waals surface area contributed by atoms with Crippen molar-refractivity contribution in [1.29, 1.82) is 0 Å². The van der Waals surface area contributed by atoms with Crippen molar-refractivity contribution in [3.8, 4) is 27.3 Å². The van der Waals surface area contributed by atoms with Crippen molar-refractivity contribution in [2.75, 3.05) is 7.11 Å². The number of hydrogen-bond acceptors (Lipinski definition) is 3. The van der Waals surface area contributed by atoms with Crippen molar-refractivity contribution in [3.63, 3.8) is 0 Å². The van der Waals surface area contributed by atoms with E-state index in [0.29, 0.717) is 0 Å². The predicted octanol–water partition coefficient (Wildman–Crippen LogP) is 5.96. The van der Waals surface area contributed by atoms with Crippen molar-refractivity contribution >= 4 is 34.1 Å². The molecule has 0 unspecified atom stereocenters. The molecular formula is C19H18INOS. The van der Waals surface area contributed by atoms with Crippen LogP contribution in [-0.4, -0.2) is 11.5 Å². The number of rotatable bonds is 4. The molecule has 0 spiro atoms. The van der Waals surface area contributed by atoms with E-state index in [0.717, 1.165) is 12.2 Å². The first-order valence-electron chi connectivity index (χ1n) is 7.52. The van der Waals surface area contributed by atoms with Crippen LogP contribution in [0.15, 0.2) is 42.6 Å². The Morgan fingerprint density at radius 3 is 2.52 bits per heavy atom. The molecule has 3 rings (SSSR count). The Morgan fingerprint density at radius 2 is 1.87 bits per heavy atom. The van der Waals surface area contributed by atoms with Gasteiger partial charge in [-0.25, -0.2) is 0 Å². The number of benzene rings is 2. The van der Waals surface area contributed by atoms with Crippen molar-refractivity contribution in [3.05, 3.63) is 57.3 Å². The van der Waals surface area contributed by atoms with Crippen LogP contribution in [0.4, 0.5) is 0 Å². The fourth-order valence-corrected chi connectivity index (χ4v) is 3.85. The summed E-state index contributed by atoms with van der Waals surface area (Å²) >= 11 is 3.87. The molecule has 0 radical (unpaired) electrons. The molecule has 1 aromatic heterocycles. The molecular weight excluding hydrogens is 417 g/mol. The van der Waals surface area contributed by atoms with Crippen molar-refractivity contribution in [1.82, 2.24) is 4.37 Å². The van der Waals surface area contributed by atoms with Gasteiger partial charge in [-0.1, -0.05) is 19.1 Å². The molecule has 0 saturated heterocycles. The normalized spacial score (nSPS) is 10.8. The van der Waals surface area contributed by atoms with Crippen LogP contribution in [0.25, 0.3) is 21.6 Å². The Bertz CT molecular complexity index is 799. The fraction of sp³-hybridized carbons (Fsp3) is 0.211. The van der Waals surface area contributed by atoms with Gasteiger partial charge in [-0.05, 0) is 94.0 Å². The quantitative estimate of drug-likeness (QED) is 0.472. The average molecular weight is 435 g/mol. The van der Waals surface area contributed by atoms with E-state index < -0.39 is 0 Å². The molecule has 23 heavy (non-hydrogen) atoms. The molecule has 0 aliphatic rings. The molecule has 0 amide bonds. The summed E-state index contributed by atoms with van der Waals surface area (Å²) in [6.45, 7) is 4.30. The summed E-state index contributed by atoms with van der Waals surface area (Å²) in [5.74, 6) is 0.946. The summed E-state index contributed by atoms with van der Waals surface area (Å²) in [6.07, 6.45) is 2.95. The maximum Gasteiger partial charge on any atom is 0.122 e. The largest absolute Gasteiger partial charge is 0.496 e. The lowest BCUT2D eigenvalue weighted by Gasteiger charge is -2.13. The SMILES string of the molecule is CCc1cc(-c2sncc2-c2ccc(I)cc2)cc(OC)c1C. The second-order valence-corrected chi connectivity index (χ2v) is 7.44. The lowest BCUT2D eigenvalue weighted by Crippen LogP contribution is -1.94. The topological polar surface area (TPSA) is 22.1 Å². The van der Waals surface area contributed by atoms with Gasteiger partial charge in [0.15, 0.2) is 0 Å². The van der Waals surface area contributed by atoms with Crippen LogP contribution in [0.2, 0.25) is 0 Å². The van der Waals surface area contributed by atoms with Crippen LogP contribution in [-0.2, 0) is 6.42 Å². The minimum absolute atomic E-state index is 0.946. The van der Waals surface area contributed by atoms with E-state index in [-0.39, 0.29) is 0 Å². The van der Waals surface area contributed by atoms with E-state index in [1.165, 1.54) is 47.8 Å². The van der Waals surface area contributed by atoms with Crippen LogP contribution in [0.3, 0.4) is 0 Å². The first-order chi connectivity index (χ1) is 11.1. The summed E-state index contributed by atoms with van der Waals surface area (Å²) in [4.78, 5) is 1.19. The van der Waals surface area contributed by atoms with Crippen molar-refractivity contribution < 1.29 is 4.74 Å². The summed E-state index contributed by atoms with van der Waals surface area (Å²) in [6, 6.07) is 13.0. The zero-order valence-electron chi connectivity index (χ0n) is 13.4. The molecule has 0 aliphatic heterocycles. The Kier molecular flexibility index (Phi) is 5.02. The third-order valence-corrected chi connectivity index (χ3v) is 5.62. The molecule has 2 nitrogen and oxygen atoms in total. The standard InChI is InChI=1S/C19H18INOS/c1-4-13-9-15(10-18(22-3)12(13)2)19-17(11-21-23-19)14-5-7-16(20)8-6-14/h5-11H,4H2,1-3H3. The van der Waals surface area contributed by atoms with E-state index >= 15 is 0 Å². The van der Waals surface area contributed by atoms with Gasteiger partial charge >= 0.3 is 0 Å². The van der Waals surface area contributed by atoms with Crippen molar-refractivity contribution in [2.24, 2.45) is 0 Å². The lowest BCUT2D eigenvalue weighted by molar-refractivity contribution is 0.411. The number of aromatic nitrogens is 1. The summed E-state index contributed by atoms with van der Waals surface area (Å²) in [7, 11) is 1.73. The smallest absolute Gasteiger partial charge is 0.122 e. The number of nitrogens with zero attached hydrogens (tertiary/aromatic N) is 1. The monoisotopic (exact) mass is 435 g/mol. The van der Waals surface area contributed by atoms with Gasteiger partial charge in [0.2, 0.25) is 0 Å². The third-order valence-electron chi connectivity index (χ3n) is 4.06. The fourth-order valence-electron chi connectivity index (χ4n) is 2.74. The maximum absolute atomic E-state index is 5.57. The number of aryl methyl sites for hydroxylation is 1.